The number of anilines is 2. The van der Waals surface area contributed by atoms with Crippen molar-refractivity contribution in [2.45, 2.75) is 26.2 Å². The van der Waals surface area contributed by atoms with Gasteiger partial charge in [-0.2, -0.15) is 0 Å². The number of nitrogens with two attached hydrogens (primary N) is 1. The predicted octanol–water partition coefficient (Wildman–Crippen LogP) is 3.51. The molecule has 108 valence electrons. The Hall–Kier alpha value is -2.49. The molecule has 4 nitrogen and oxygen atoms in total. The van der Waals surface area contributed by atoms with Gasteiger partial charge in [0.05, 0.1) is 5.69 Å². The lowest BCUT2D eigenvalue weighted by Gasteiger charge is -2.19. The fourth-order valence-corrected chi connectivity index (χ4v) is 2.53. The molecule has 3 rings (SSSR count). The first-order chi connectivity index (χ1) is 10.2. The first-order valence-corrected chi connectivity index (χ1v) is 7.15. The van der Waals surface area contributed by atoms with E-state index in [1.807, 2.05) is 36.4 Å². The van der Waals surface area contributed by atoms with Crippen LogP contribution in [0, 0.1) is 0 Å². The lowest BCUT2D eigenvalue weighted by atomic mass is 10.0. The molecule has 3 N–H and O–H groups in total. The van der Waals surface area contributed by atoms with Crippen molar-refractivity contribution in [3.63, 3.8) is 0 Å². The molecule has 0 fully saturated rings. The van der Waals surface area contributed by atoms with E-state index in [0.717, 1.165) is 35.4 Å². The van der Waals surface area contributed by atoms with E-state index in [-0.39, 0.29) is 5.91 Å². The molecule has 0 aromatic heterocycles. The molecule has 0 saturated carbocycles. The molecule has 0 radical (unpaired) electrons. The number of fused-ring (bicyclic) bond motifs is 1. The normalized spacial score (nSPS) is 13.5. The number of nitrogen functional groups attached to an aromatic ring is 1. The molecular weight excluding hydrogens is 264 g/mol. The number of aryl methyl sites for hydroxylation is 2. The zero-order valence-electron chi connectivity index (χ0n) is 12.0. The summed E-state index contributed by atoms with van der Waals surface area (Å²) in [6.07, 6.45) is 2.11. The Labute approximate surface area is 123 Å². The number of carbonyl (C=O) groups is 1. The predicted molar refractivity (Wildman–Crippen MR) is 83.7 cm³/mol. The van der Waals surface area contributed by atoms with Crippen LogP contribution in [0.25, 0.3) is 0 Å². The zero-order chi connectivity index (χ0) is 14.8. The van der Waals surface area contributed by atoms with E-state index in [1.54, 1.807) is 0 Å². The minimum Gasteiger partial charge on any atom is -0.455 e. The van der Waals surface area contributed by atoms with Crippen LogP contribution in [0.5, 0.6) is 11.5 Å². The third-order valence-corrected chi connectivity index (χ3v) is 3.70. The van der Waals surface area contributed by atoms with Gasteiger partial charge < -0.3 is 15.8 Å². The summed E-state index contributed by atoms with van der Waals surface area (Å²) in [6, 6.07) is 11.6. The Morgan fingerprint density at radius 2 is 2.00 bits per heavy atom. The molecule has 2 aromatic carbocycles. The van der Waals surface area contributed by atoms with Gasteiger partial charge in [0.1, 0.15) is 5.75 Å². The van der Waals surface area contributed by atoms with Crippen LogP contribution in [-0.2, 0) is 17.6 Å². The number of nitrogens with one attached hydrogen (secondary N) is 1. The van der Waals surface area contributed by atoms with Gasteiger partial charge in [0.2, 0.25) is 5.91 Å². The SMILES string of the molecule is CCc1ccccc1Oc1cc2c(cc1N)CCC(=O)N2. The van der Waals surface area contributed by atoms with Crippen molar-refractivity contribution in [3.8, 4) is 11.5 Å². The Kier molecular flexibility index (Phi) is 3.52. The van der Waals surface area contributed by atoms with Crippen molar-refractivity contribution in [1.82, 2.24) is 0 Å². The lowest BCUT2D eigenvalue weighted by molar-refractivity contribution is -0.116. The maximum absolute atomic E-state index is 11.5. The number of ether oxygens (including phenoxy) is 1. The van der Waals surface area contributed by atoms with Gasteiger partial charge in [-0.05, 0) is 36.1 Å². The Bertz CT molecular complexity index is 695. The molecule has 0 bridgehead atoms. The Balaban J connectivity index is 1.95. The quantitative estimate of drug-likeness (QED) is 0.847. The highest BCUT2D eigenvalue weighted by Crippen LogP contribution is 2.36. The van der Waals surface area contributed by atoms with Crippen LogP contribution in [0.3, 0.4) is 0 Å². The van der Waals surface area contributed by atoms with Crippen molar-refractivity contribution in [1.29, 1.82) is 0 Å². The van der Waals surface area contributed by atoms with Gasteiger partial charge in [0, 0.05) is 18.2 Å². The molecule has 0 unspecified atom stereocenters. The summed E-state index contributed by atoms with van der Waals surface area (Å²) < 4.78 is 5.96. The summed E-state index contributed by atoms with van der Waals surface area (Å²) in [5, 5.41) is 2.87. The van der Waals surface area contributed by atoms with Crippen LogP contribution >= 0.6 is 0 Å². The summed E-state index contributed by atoms with van der Waals surface area (Å²) in [6.45, 7) is 2.08. The number of hydrogen-bond acceptors (Lipinski definition) is 3. The van der Waals surface area contributed by atoms with Crippen LogP contribution in [0.2, 0.25) is 0 Å². The number of benzene rings is 2. The molecule has 1 heterocycles. The van der Waals surface area contributed by atoms with E-state index in [0.29, 0.717) is 17.9 Å². The van der Waals surface area contributed by atoms with Crippen molar-refractivity contribution >= 4 is 17.3 Å². The molecule has 0 spiro atoms. The van der Waals surface area contributed by atoms with Gasteiger partial charge in [-0.25, -0.2) is 0 Å². The average molecular weight is 282 g/mol. The molecular formula is C17H18N2O2. The molecule has 1 aliphatic heterocycles. The summed E-state index contributed by atoms with van der Waals surface area (Å²) in [7, 11) is 0. The van der Waals surface area contributed by atoms with Gasteiger partial charge in [-0.3, -0.25) is 4.79 Å². The highest BCUT2D eigenvalue weighted by atomic mass is 16.5. The van der Waals surface area contributed by atoms with Crippen molar-refractivity contribution in [2.24, 2.45) is 0 Å². The first-order valence-electron chi connectivity index (χ1n) is 7.15. The highest BCUT2D eigenvalue weighted by molar-refractivity contribution is 5.94. The second-order valence-electron chi connectivity index (χ2n) is 5.16. The second-order valence-corrected chi connectivity index (χ2v) is 5.16. The molecule has 1 aliphatic rings. The monoisotopic (exact) mass is 282 g/mol. The van der Waals surface area contributed by atoms with Crippen molar-refractivity contribution in [3.05, 3.63) is 47.5 Å². The van der Waals surface area contributed by atoms with E-state index < -0.39 is 0 Å². The highest BCUT2D eigenvalue weighted by Gasteiger charge is 2.17. The number of para-hydroxylation sites is 1. The molecule has 2 aromatic rings. The number of carbonyl (C=O) groups excluding carboxylic acids is 1. The van der Waals surface area contributed by atoms with Crippen LogP contribution in [0.4, 0.5) is 11.4 Å². The molecule has 0 aliphatic carbocycles. The first kappa shape index (κ1) is 13.5. The molecule has 0 saturated heterocycles. The van der Waals surface area contributed by atoms with Gasteiger partial charge >= 0.3 is 0 Å². The van der Waals surface area contributed by atoms with E-state index in [2.05, 4.69) is 12.2 Å². The van der Waals surface area contributed by atoms with Gasteiger partial charge in [0.15, 0.2) is 5.75 Å². The summed E-state index contributed by atoms with van der Waals surface area (Å²) in [5.74, 6) is 1.41. The van der Waals surface area contributed by atoms with Gasteiger partial charge in [-0.15, -0.1) is 0 Å². The Morgan fingerprint density at radius 3 is 2.81 bits per heavy atom. The molecule has 0 atom stereocenters. The summed E-state index contributed by atoms with van der Waals surface area (Å²) in [5.41, 5.74) is 9.65. The van der Waals surface area contributed by atoms with Crippen molar-refractivity contribution < 1.29 is 9.53 Å². The third kappa shape index (κ3) is 2.70. The van der Waals surface area contributed by atoms with Gasteiger partial charge in [-0.1, -0.05) is 25.1 Å². The summed E-state index contributed by atoms with van der Waals surface area (Å²) >= 11 is 0. The molecule has 21 heavy (non-hydrogen) atoms. The number of amides is 1. The van der Waals surface area contributed by atoms with Crippen LogP contribution in [-0.4, -0.2) is 5.91 Å². The van der Waals surface area contributed by atoms with Crippen LogP contribution < -0.4 is 15.8 Å². The van der Waals surface area contributed by atoms with Crippen LogP contribution in [0.15, 0.2) is 36.4 Å². The number of hydrogen-bond donors (Lipinski definition) is 2. The fourth-order valence-electron chi connectivity index (χ4n) is 2.53. The van der Waals surface area contributed by atoms with Crippen molar-refractivity contribution in [2.75, 3.05) is 11.1 Å². The second kappa shape index (κ2) is 5.48. The topological polar surface area (TPSA) is 64.3 Å². The fraction of sp³-hybridized carbons (Fsp3) is 0.235. The van der Waals surface area contributed by atoms with E-state index >= 15 is 0 Å². The Morgan fingerprint density at radius 1 is 1.19 bits per heavy atom. The molecule has 1 amide bonds. The standard InChI is InChI=1S/C17H18N2O2/c1-2-11-5-3-4-6-15(11)21-16-10-14-12(9-13(16)18)7-8-17(20)19-14/h3-6,9-10H,2,7-8,18H2,1H3,(H,19,20). The van der Waals surface area contributed by atoms with Crippen LogP contribution in [0.1, 0.15) is 24.5 Å². The zero-order valence-corrected chi connectivity index (χ0v) is 12.0. The number of rotatable bonds is 3. The average Bonchev–Trinajstić information content (AvgIpc) is 2.49. The van der Waals surface area contributed by atoms with E-state index in [4.69, 9.17) is 10.5 Å². The molecule has 4 heteroatoms. The minimum absolute atomic E-state index is 0.0344. The van der Waals surface area contributed by atoms with E-state index in [1.165, 1.54) is 0 Å². The minimum atomic E-state index is 0.0344. The third-order valence-electron chi connectivity index (χ3n) is 3.70. The maximum atomic E-state index is 11.5. The largest absolute Gasteiger partial charge is 0.455 e. The van der Waals surface area contributed by atoms with Gasteiger partial charge in [0.25, 0.3) is 0 Å². The lowest BCUT2D eigenvalue weighted by Crippen LogP contribution is -2.19. The van der Waals surface area contributed by atoms with E-state index in [9.17, 15) is 4.79 Å². The summed E-state index contributed by atoms with van der Waals surface area (Å²) in [4.78, 5) is 11.5. The maximum Gasteiger partial charge on any atom is 0.224 e. The smallest absolute Gasteiger partial charge is 0.224 e.